The molecule has 1 atom stereocenters. The number of aryl methyl sites for hydroxylation is 1. The van der Waals surface area contributed by atoms with E-state index in [1.807, 2.05) is 42.5 Å². The minimum atomic E-state index is -0.331. The molecule has 0 bridgehead atoms. The van der Waals surface area contributed by atoms with E-state index in [0.29, 0.717) is 17.4 Å². The zero-order chi connectivity index (χ0) is 17.2. The predicted octanol–water partition coefficient (Wildman–Crippen LogP) is 5.04. The molecule has 0 fully saturated rings. The number of esters is 1. The van der Waals surface area contributed by atoms with Crippen LogP contribution >= 0.6 is 0 Å². The Morgan fingerprint density at radius 1 is 1.00 bits per heavy atom. The summed E-state index contributed by atoms with van der Waals surface area (Å²) in [6.07, 6.45) is 4.39. The van der Waals surface area contributed by atoms with Crippen LogP contribution in [0.3, 0.4) is 0 Å². The molecule has 0 saturated heterocycles. The van der Waals surface area contributed by atoms with Crippen LogP contribution in [0.4, 0.5) is 0 Å². The topological polar surface area (TPSA) is 35.5 Å². The van der Waals surface area contributed by atoms with E-state index < -0.39 is 0 Å². The van der Waals surface area contributed by atoms with Crippen LogP contribution < -0.4 is 4.74 Å². The number of hydrogen-bond donors (Lipinski definition) is 0. The molecule has 3 nitrogen and oxygen atoms in total. The Balaban J connectivity index is 1.85. The van der Waals surface area contributed by atoms with Gasteiger partial charge in [0.25, 0.3) is 0 Å². The maximum Gasteiger partial charge on any atom is 0.343 e. The van der Waals surface area contributed by atoms with E-state index >= 15 is 0 Å². The van der Waals surface area contributed by atoms with Crippen molar-refractivity contribution in [3.8, 4) is 5.75 Å². The second kappa shape index (κ2) is 9.89. The Hall–Kier alpha value is -2.13. The first-order valence-electron chi connectivity index (χ1n) is 8.70. The zero-order valence-electron chi connectivity index (χ0n) is 14.5. The number of benzene rings is 2. The number of carbonyl (C=O) groups is 1. The molecule has 0 aliphatic heterocycles. The molecule has 128 valence electrons. The summed E-state index contributed by atoms with van der Waals surface area (Å²) in [7, 11) is 0. The van der Waals surface area contributed by atoms with Gasteiger partial charge in [-0.05, 0) is 55.5 Å². The van der Waals surface area contributed by atoms with Gasteiger partial charge in [-0.25, -0.2) is 4.79 Å². The van der Waals surface area contributed by atoms with Gasteiger partial charge >= 0.3 is 5.97 Å². The van der Waals surface area contributed by atoms with Gasteiger partial charge in [0.05, 0.1) is 11.7 Å². The third kappa shape index (κ3) is 5.82. The van der Waals surface area contributed by atoms with Crippen LogP contribution in [0.2, 0.25) is 0 Å². The fourth-order valence-electron chi connectivity index (χ4n) is 2.48. The van der Waals surface area contributed by atoms with Crippen molar-refractivity contribution in [2.45, 2.75) is 45.6 Å². The Morgan fingerprint density at radius 2 is 1.71 bits per heavy atom. The third-order valence-electron chi connectivity index (χ3n) is 3.91. The van der Waals surface area contributed by atoms with E-state index in [4.69, 9.17) is 9.47 Å². The van der Waals surface area contributed by atoms with E-state index in [1.165, 1.54) is 5.56 Å². The third-order valence-corrected chi connectivity index (χ3v) is 3.91. The lowest BCUT2D eigenvalue weighted by atomic mass is 10.1. The molecule has 2 aromatic carbocycles. The first-order chi connectivity index (χ1) is 11.7. The normalized spacial score (nSPS) is 11.9. The summed E-state index contributed by atoms with van der Waals surface area (Å²) in [6.45, 7) is 5.11. The lowest BCUT2D eigenvalue weighted by Crippen LogP contribution is -2.13. The highest BCUT2D eigenvalue weighted by Gasteiger charge is 2.09. The highest BCUT2D eigenvalue weighted by Crippen LogP contribution is 2.17. The highest BCUT2D eigenvalue weighted by atomic mass is 16.5. The zero-order valence-corrected chi connectivity index (χ0v) is 14.5. The maximum atomic E-state index is 12.0. The quantitative estimate of drug-likeness (QED) is 0.478. The smallest absolute Gasteiger partial charge is 0.343 e. The molecule has 0 N–H and O–H groups in total. The van der Waals surface area contributed by atoms with Crippen LogP contribution in [0.25, 0.3) is 0 Å². The van der Waals surface area contributed by atoms with Gasteiger partial charge in [-0.2, -0.15) is 0 Å². The SMILES string of the molecule is CCCOC(CC)CCc1ccc(OC(=O)c2ccccc2)cc1. The molecule has 0 saturated carbocycles. The van der Waals surface area contributed by atoms with Gasteiger partial charge in [0, 0.05) is 6.61 Å². The molecule has 0 spiro atoms. The van der Waals surface area contributed by atoms with Crippen molar-refractivity contribution in [3.05, 3.63) is 65.7 Å². The molecule has 24 heavy (non-hydrogen) atoms. The molecule has 2 aromatic rings. The predicted molar refractivity (Wildman–Crippen MR) is 96.5 cm³/mol. The Kier molecular flexibility index (Phi) is 7.50. The van der Waals surface area contributed by atoms with Crippen LogP contribution in [0.5, 0.6) is 5.75 Å². The maximum absolute atomic E-state index is 12.0. The van der Waals surface area contributed by atoms with E-state index in [1.54, 1.807) is 12.1 Å². The fourth-order valence-corrected chi connectivity index (χ4v) is 2.48. The Bertz CT molecular complexity index is 605. The second-order valence-corrected chi connectivity index (χ2v) is 5.84. The molecule has 0 aromatic heterocycles. The van der Waals surface area contributed by atoms with Gasteiger partial charge in [0.2, 0.25) is 0 Å². The van der Waals surface area contributed by atoms with Crippen LogP contribution in [0.1, 0.15) is 49.0 Å². The minimum Gasteiger partial charge on any atom is -0.423 e. The van der Waals surface area contributed by atoms with Crippen LogP contribution in [0.15, 0.2) is 54.6 Å². The van der Waals surface area contributed by atoms with Crippen LogP contribution in [-0.4, -0.2) is 18.7 Å². The lowest BCUT2D eigenvalue weighted by Gasteiger charge is -2.15. The van der Waals surface area contributed by atoms with E-state index in [-0.39, 0.29) is 5.97 Å². The minimum absolute atomic E-state index is 0.320. The Labute approximate surface area is 144 Å². The van der Waals surface area contributed by atoms with Crippen LogP contribution in [0, 0.1) is 0 Å². The summed E-state index contributed by atoms with van der Waals surface area (Å²) >= 11 is 0. The van der Waals surface area contributed by atoms with Gasteiger partial charge < -0.3 is 9.47 Å². The summed E-state index contributed by atoms with van der Waals surface area (Å²) in [5, 5.41) is 0. The van der Waals surface area contributed by atoms with Gasteiger partial charge in [-0.1, -0.05) is 44.2 Å². The summed E-state index contributed by atoms with van der Waals surface area (Å²) < 4.78 is 11.2. The molecule has 1 unspecified atom stereocenters. The average molecular weight is 326 g/mol. The van der Waals surface area contributed by atoms with Gasteiger partial charge in [0.1, 0.15) is 5.75 Å². The Morgan fingerprint density at radius 3 is 2.33 bits per heavy atom. The number of carbonyl (C=O) groups excluding carboxylic acids is 1. The van der Waals surface area contributed by atoms with E-state index in [2.05, 4.69) is 13.8 Å². The van der Waals surface area contributed by atoms with Gasteiger partial charge in [-0.15, -0.1) is 0 Å². The van der Waals surface area contributed by atoms with E-state index in [9.17, 15) is 4.79 Å². The lowest BCUT2D eigenvalue weighted by molar-refractivity contribution is 0.0456. The molecular weight excluding hydrogens is 300 g/mol. The summed E-state index contributed by atoms with van der Waals surface area (Å²) in [6, 6.07) is 16.7. The molecule has 3 heteroatoms. The molecular formula is C21H26O3. The molecule has 0 aliphatic rings. The summed E-state index contributed by atoms with van der Waals surface area (Å²) in [4.78, 5) is 12.0. The molecule has 0 heterocycles. The first kappa shape index (κ1) is 18.2. The first-order valence-corrected chi connectivity index (χ1v) is 8.70. The van der Waals surface area contributed by atoms with Crippen molar-refractivity contribution in [2.75, 3.05) is 6.61 Å². The second-order valence-electron chi connectivity index (χ2n) is 5.84. The van der Waals surface area contributed by atoms with Crippen LogP contribution in [-0.2, 0) is 11.2 Å². The number of hydrogen-bond acceptors (Lipinski definition) is 3. The van der Waals surface area contributed by atoms with Crippen molar-refractivity contribution < 1.29 is 14.3 Å². The molecule has 0 radical (unpaired) electrons. The number of rotatable bonds is 9. The van der Waals surface area contributed by atoms with E-state index in [0.717, 1.165) is 32.3 Å². The monoisotopic (exact) mass is 326 g/mol. The molecule has 0 aliphatic carbocycles. The average Bonchev–Trinajstić information content (AvgIpc) is 2.64. The van der Waals surface area contributed by atoms with Crippen molar-refractivity contribution in [2.24, 2.45) is 0 Å². The van der Waals surface area contributed by atoms with Gasteiger partial charge in [0.15, 0.2) is 0 Å². The summed E-state index contributed by atoms with van der Waals surface area (Å²) in [5.41, 5.74) is 1.79. The van der Waals surface area contributed by atoms with Crippen molar-refractivity contribution in [1.29, 1.82) is 0 Å². The van der Waals surface area contributed by atoms with Crippen molar-refractivity contribution in [1.82, 2.24) is 0 Å². The highest BCUT2D eigenvalue weighted by molar-refractivity contribution is 5.90. The van der Waals surface area contributed by atoms with Gasteiger partial charge in [-0.3, -0.25) is 0 Å². The number of ether oxygens (including phenoxy) is 2. The molecule has 2 rings (SSSR count). The fraction of sp³-hybridized carbons (Fsp3) is 0.381. The standard InChI is InChI=1S/C21H26O3/c1-3-16-23-19(4-2)13-10-17-11-14-20(15-12-17)24-21(22)18-8-6-5-7-9-18/h5-9,11-12,14-15,19H,3-4,10,13,16H2,1-2H3. The van der Waals surface area contributed by atoms with Crippen molar-refractivity contribution in [3.63, 3.8) is 0 Å². The largest absolute Gasteiger partial charge is 0.423 e. The molecule has 0 amide bonds. The summed E-state index contributed by atoms with van der Waals surface area (Å²) in [5.74, 6) is 0.240. The van der Waals surface area contributed by atoms with Crippen molar-refractivity contribution >= 4 is 5.97 Å².